The molecular weight excluding hydrogens is 508 g/mol. The maximum Gasteiger partial charge on any atom is 0.350 e. The molecule has 39 heavy (non-hydrogen) atoms. The van der Waals surface area contributed by atoms with Crippen LogP contribution in [-0.4, -0.2) is 28.4 Å². The minimum Gasteiger partial charge on any atom is -0.462 e. The fourth-order valence-corrected chi connectivity index (χ4v) is 4.28. The number of carbonyl (C=O) groups excluding carboxylic acids is 2. The number of fused-ring (bicyclic) bond motifs is 3. The number of furan rings is 1. The molecule has 194 valence electrons. The van der Waals surface area contributed by atoms with Gasteiger partial charge in [0.05, 0.1) is 22.5 Å². The maximum absolute atomic E-state index is 13.1. The molecule has 0 aliphatic rings. The Balaban J connectivity index is 1.71. The Bertz CT molecular complexity index is 1790. The van der Waals surface area contributed by atoms with Gasteiger partial charge in [-0.2, -0.15) is 0 Å². The monoisotopic (exact) mass is 526 g/mol. The summed E-state index contributed by atoms with van der Waals surface area (Å²) in [5.74, 6) is -1.48. The normalized spacial score (nSPS) is 10.9. The second-order valence-electron chi connectivity index (χ2n) is 8.29. The number of hydrogen-bond acceptors (Lipinski definition) is 9. The van der Waals surface area contributed by atoms with Crippen LogP contribution in [0.3, 0.4) is 0 Å². The Morgan fingerprint density at radius 1 is 0.821 bits per heavy atom. The Hall–Kier alpha value is -5.58. The molecule has 0 aliphatic carbocycles. The van der Waals surface area contributed by atoms with E-state index in [0.717, 1.165) is 12.1 Å². The Morgan fingerprint density at radius 3 is 2.18 bits per heavy atom. The summed E-state index contributed by atoms with van der Waals surface area (Å²) in [4.78, 5) is 47.2. The molecule has 5 aromatic rings. The quantitative estimate of drug-likeness (QED) is 0.101. The van der Waals surface area contributed by atoms with E-state index < -0.39 is 38.7 Å². The predicted octanol–water partition coefficient (Wildman–Crippen LogP) is 6.47. The Kier molecular flexibility index (Phi) is 6.47. The van der Waals surface area contributed by atoms with Gasteiger partial charge in [-0.15, -0.1) is 0 Å². The zero-order chi connectivity index (χ0) is 27.7. The molecule has 11 nitrogen and oxygen atoms in total. The molecule has 0 saturated heterocycles. The third-order valence-electron chi connectivity index (χ3n) is 5.98. The van der Waals surface area contributed by atoms with E-state index in [1.807, 2.05) is 6.07 Å². The van der Waals surface area contributed by atoms with Gasteiger partial charge in [-0.3, -0.25) is 20.2 Å². The van der Waals surface area contributed by atoms with Gasteiger partial charge < -0.3 is 13.9 Å². The molecule has 0 bridgehead atoms. The van der Waals surface area contributed by atoms with Crippen molar-refractivity contribution in [2.45, 2.75) is 6.92 Å². The molecule has 5 rings (SSSR count). The molecule has 4 aromatic carbocycles. The highest BCUT2D eigenvalue weighted by molar-refractivity contribution is 6.17. The van der Waals surface area contributed by atoms with Gasteiger partial charge in [0, 0.05) is 27.8 Å². The summed E-state index contributed by atoms with van der Waals surface area (Å²) >= 11 is 0. The summed E-state index contributed by atoms with van der Waals surface area (Å²) in [6.45, 7) is 1.78. The number of benzene rings is 4. The number of hydrogen-bond donors (Lipinski definition) is 0. The summed E-state index contributed by atoms with van der Waals surface area (Å²) in [6, 6.07) is 19.9. The van der Waals surface area contributed by atoms with Crippen LogP contribution in [0, 0.1) is 20.2 Å². The molecule has 0 N–H and O–H groups in total. The summed E-state index contributed by atoms with van der Waals surface area (Å²) in [7, 11) is 0. The van der Waals surface area contributed by atoms with Crippen molar-refractivity contribution in [3.63, 3.8) is 0 Å². The van der Waals surface area contributed by atoms with E-state index in [1.54, 1.807) is 55.5 Å². The smallest absolute Gasteiger partial charge is 0.350 e. The van der Waals surface area contributed by atoms with Crippen molar-refractivity contribution < 1.29 is 33.3 Å². The summed E-state index contributed by atoms with van der Waals surface area (Å²) < 4.78 is 17.1. The minimum atomic E-state index is -1.11. The van der Waals surface area contributed by atoms with Gasteiger partial charge in [0.2, 0.25) is 0 Å². The van der Waals surface area contributed by atoms with Gasteiger partial charge in [-0.05, 0) is 19.1 Å². The molecule has 11 heteroatoms. The molecule has 0 saturated carbocycles. The molecule has 0 unspecified atom stereocenters. The highest BCUT2D eigenvalue weighted by atomic mass is 16.6. The van der Waals surface area contributed by atoms with Gasteiger partial charge in [-0.25, -0.2) is 9.59 Å². The number of carbonyl (C=O) groups is 2. The largest absolute Gasteiger partial charge is 0.462 e. The topological polar surface area (TPSA) is 152 Å². The van der Waals surface area contributed by atoms with E-state index in [2.05, 4.69) is 0 Å². The van der Waals surface area contributed by atoms with E-state index in [4.69, 9.17) is 13.9 Å². The predicted molar refractivity (Wildman–Crippen MR) is 140 cm³/mol. The van der Waals surface area contributed by atoms with E-state index in [9.17, 15) is 29.8 Å². The zero-order valence-corrected chi connectivity index (χ0v) is 20.3. The number of non-ortho nitro benzene ring substituents is 1. The summed E-state index contributed by atoms with van der Waals surface area (Å²) in [5, 5.41) is 23.9. The molecule has 0 amide bonds. The lowest BCUT2D eigenvalue weighted by Gasteiger charge is -2.09. The van der Waals surface area contributed by atoms with Crippen LogP contribution in [0.4, 0.5) is 11.4 Å². The number of nitro benzene ring substituents is 2. The number of esters is 2. The van der Waals surface area contributed by atoms with Gasteiger partial charge in [-0.1, -0.05) is 54.6 Å². The highest BCUT2D eigenvalue weighted by Gasteiger charge is 2.29. The lowest BCUT2D eigenvalue weighted by molar-refractivity contribution is -0.394. The van der Waals surface area contributed by atoms with Gasteiger partial charge in [0.1, 0.15) is 28.2 Å². The van der Waals surface area contributed by atoms with Gasteiger partial charge in [0.15, 0.2) is 0 Å². The van der Waals surface area contributed by atoms with E-state index in [-0.39, 0.29) is 23.7 Å². The third-order valence-corrected chi connectivity index (χ3v) is 5.98. The van der Waals surface area contributed by atoms with Crippen LogP contribution in [0.25, 0.3) is 33.1 Å². The fraction of sp³-hybridized carbons (Fsp3) is 0.0714. The standard InChI is InChI=1S/C28H18N2O9/c1-2-37-28(32)24-21-15-23(38-27(31)20-13-12-17(29(33)34)14-22(20)30(35)36)18-10-6-7-11-19(18)26(21)39-25(24)16-8-4-3-5-9-16/h3-15H,2H2,1H3. The van der Waals surface area contributed by atoms with Crippen LogP contribution in [0.15, 0.2) is 83.3 Å². The average Bonchev–Trinajstić information content (AvgIpc) is 3.33. The Labute approximate surface area is 219 Å². The lowest BCUT2D eigenvalue weighted by atomic mass is 10.0. The van der Waals surface area contributed by atoms with Crippen LogP contribution in [-0.2, 0) is 4.74 Å². The van der Waals surface area contributed by atoms with Crippen LogP contribution < -0.4 is 4.74 Å². The average molecular weight is 526 g/mol. The van der Waals surface area contributed by atoms with Crippen molar-refractivity contribution in [3.05, 3.63) is 110 Å². The van der Waals surface area contributed by atoms with Gasteiger partial charge >= 0.3 is 11.9 Å². The number of nitrogens with zero attached hydrogens (tertiary/aromatic N) is 2. The number of rotatable bonds is 7. The lowest BCUT2D eigenvalue weighted by Crippen LogP contribution is -2.12. The molecule has 1 heterocycles. The molecule has 0 spiro atoms. The number of nitro groups is 2. The molecule has 0 fully saturated rings. The second-order valence-corrected chi connectivity index (χ2v) is 8.29. The zero-order valence-electron chi connectivity index (χ0n) is 20.3. The summed E-state index contributed by atoms with van der Waals surface area (Å²) in [6.07, 6.45) is 0. The third kappa shape index (κ3) is 4.53. The second kappa shape index (κ2) is 10.1. The van der Waals surface area contributed by atoms with Crippen molar-refractivity contribution in [3.8, 4) is 17.1 Å². The van der Waals surface area contributed by atoms with Crippen molar-refractivity contribution >= 4 is 45.1 Å². The van der Waals surface area contributed by atoms with Crippen LogP contribution >= 0.6 is 0 Å². The molecular formula is C28H18N2O9. The van der Waals surface area contributed by atoms with E-state index in [0.29, 0.717) is 33.4 Å². The van der Waals surface area contributed by atoms with Crippen molar-refractivity contribution in [2.24, 2.45) is 0 Å². The Morgan fingerprint density at radius 2 is 1.51 bits per heavy atom. The van der Waals surface area contributed by atoms with Crippen LogP contribution in [0.1, 0.15) is 27.6 Å². The molecule has 0 radical (unpaired) electrons. The number of ether oxygens (including phenoxy) is 2. The fourth-order valence-electron chi connectivity index (χ4n) is 4.28. The first-order chi connectivity index (χ1) is 18.8. The molecule has 1 aromatic heterocycles. The van der Waals surface area contributed by atoms with Crippen molar-refractivity contribution in [2.75, 3.05) is 6.61 Å². The SMILES string of the molecule is CCOC(=O)c1c(-c2ccccc2)oc2c1cc(OC(=O)c1ccc([N+](=O)[O-])cc1[N+](=O)[O-])c1ccccc12. The first kappa shape index (κ1) is 25.1. The first-order valence-corrected chi connectivity index (χ1v) is 11.7. The maximum atomic E-state index is 13.1. The summed E-state index contributed by atoms with van der Waals surface area (Å²) in [5.41, 5.74) is -0.688. The molecule has 0 atom stereocenters. The van der Waals surface area contributed by atoms with Crippen molar-refractivity contribution in [1.29, 1.82) is 0 Å². The first-order valence-electron chi connectivity index (χ1n) is 11.7. The van der Waals surface area contributed by atoms with Gasteiger partial charge in [0.25, 0.3) is 11.4 Å². The molecule has 0 aliphatic heterocycles. The van der Waals surface area contributed by atoms with Crippen LogP contribution in [0.2, 0.25) is 0 Å². The van der Waals surface area contributed by atoms with E-state index in [1.165, 1.54) is 6.07 Å². The van der Waals surface area contributed by atoms with E-state index >= 15 is 0 Å². The minimum absolute atomic E-state index is 0.00158. The van der Waals surface area contributed by atoms with Crippen LogP contribution in [0.5, 0.6) is 5.75 Å². The highest BCUT2D eigenvalue weighted by Crippen LogP contribution is 2.42. The van der Waals surface area contributed by atoms with Crippen molar-refractivity contribution in [1.82, 2.24) is 0 Å².